The van der Waals surface area contributed by atoms with E-state index in [-0.39, 0.29) is 17.9 Å². The van der Waals surface area contributed by atoms with Crippen LogP contribution in [0.4, 0.5) is 10.1 Å². The van der Waals surface area contributed by atoms with Gasteiger partial charge in [-0.15, -0.1) is 0 Å². The molecular weight excluding hydrogens is 261 g/mol. The van der Waals surface area contributed by atoms with E-state index in [1.807, 2.05) is 0 Å². The summed E-state index contributed by atoms with van der Waals surface area (Å²) in [7, 11) is 1.37. The highest BCUT2D eigenvalue weighted by Crippen LogP contribution is 2.22. The zero-order valence-corrected chi connectivity index (χ0v) is 10.9. The molecule has 0 aliphatic heterocycles. The Balaban J connectivity index is 2.28. The summed E-state index contributed by atoms with van der Waals surface area (Å²) >= 11 is 0. The highest BCUT2D eigenvalue weighted by molar-refractivity contribution is 6.06. The van der Waals surface area contributed by atoms with E-state index in [4.69, 9.17) is 9.84 Å². The van der Waals surface area contributed by atoms with Crippen molar-refractivity contribution in [1.29, 1.82) is 0 Å². The molecule has 2 aromatic carbocycles. The molecule has 0 aliphatic carbocycles. The Bertz CT molecular complexity index is 628. The van der Waals surface area contributed by atoms with Gasteiger partial charge in [0.15, 0.2) is 0 Å². The second kappa shape index (κ2) is 6.16. The van der Waals surface area contributed by atoms with E-state index >= 15 is 0 Å². The summed E-state index contributed by atoms with van der Waals surface area (Å²) in [6.45, 7) is -0.132. The van der Waals surface area contributed by atoms with Gasteiger partial charge >= 0.3 is 0 Å². The lowest BCUT2D eigenvalue weighted by Crippen LogP contribution is -2.15. The number of ether oxygens (including phenoxy) is 1. The molecule has 5 heteroatoms. The molecule has 20 heavy (non-hydrogen) atoms. The first-order valence-electron chi connectivity index (χ1n) is 5.99. The van der Waals surface area contributed by atoms with Crippen LogP contribution < -0.4 is 10.1 Å². The second-order valence-electron chi connectivity index (χ2n) is 4.13. The topological polar surface area (TPSA) is 58.6 Å². The minimum atomic E-state index is -0.653. The van der Waals surface area contributed by atoms with E-state index in [2.05, 4.69) is 5.32 Å². The molecule has 104 valence electrons. The van der Waals surface area contributed by atoms with Crippen molar-refractivity contribution in [2.24, 2.45) is 0 Å². The number of amides is 1. The fraction of sp³-hybridized carbons (Fsp3) is 0.133. The first-order chi connectivity index (χ1) is 9.65. The minimum Gasteiger partial charge on any atom is -0.496 e. The number of anilines is 1. The predicted octanol–water partition coefficient (Wildman–Crippen LogP) is 2.58. The standard InChI is InChI=1S/C15H14FNO3/c1-20-13-7-3-6-12(16)14(13)15(19)17-11-5-2-4-10(8-11)9-18/h2-8,18H,9H2,1H3,(H,17,19). The Hall–Kier alpha value is -2.40. The predicted molar refractivity (Wildman–Crippen MR) is 73.3 cm³/mol. The molecule has 1 amide bonds. The maximum absolute atomic E-state index is 13.8. The Morgan fingerprint density at radius 1 is 1.30 bits per heavy atom. The molecule has 0 fully saturated rings. The largest absolute Gasteiger partial charge is 0.496 e. The van der Waals surface area contributed by atoms with Crippen molar-refractivity contribution < 1.29 is 19.0 Å². The van der Waals surface area contributed by atoms with E-state index in [0.29, 0.717) is 11.3 Å². The van der Waals surface area contributed by atoms with E-state index in [0.717, 1.165) is 0 Å². The van der Waals surface area contributed by atoms with Crippen LogP contribution in [0.3, 0.4) is 0 Å². The molecule has 2 N–H and O–H groups in total. The highest BCUT2D eigenvalue weighted by atomic mass is 19.1. The van der Waals surface area contributed by atoms with Crippen molar-refractivity contribution in [2.75, 3.05) is 12.4 Å². The normalized spacial score (nSPS) is 10.2. The third-order valence-electron chi connectivity index (χ3n) is 2.79. The minimum absolute atomic E-state index is 0.132. The fourth-order valence-electron chi connectivity index (χ4n) is 1.84. The van der Waals surface area contributed by atoms with Gasteiger partial charge in [0.1, 0.15) is 17.1 Å². The van der Waals surface area contributed by atoms with E-state index in [1.54, 1.807) is 24.3 Å². The van der Waals surface area contributed by atoms with Gasteiger partial charge in [0.05, 0.1) is 13.7 Å². The molecule has 4 nitrogen and oxygen atoms in total. The number of nitrogens with one attached hydrogen (secondary N) is 1. The number of carbonyl (C=O) groups excluding carboxylic acids is 1. The molecule has 2 aromatic rings. The Morgan fingerprint density at radius 2 is 2.05 bits per heavy atom. The van der Waals surface area contributed by atoms with Crippen LogP contribution in [0.15, 0.2) is 42.5 Å². The Labute approximate surface area is 115 Å². The molecule has 0 spiro atoms. The lowest BCUT2D eigenvalue weighted by Gasteiger charge is -2.10. The van der Waals surface area contributed by atoms with Crippen LogP contribution in [-0.4, -0.2) is 18.1 Å². The number of halogens is 1. The van der Waals surface area contributed by atoms with Crippen molar-refractivity contribution in [3.05, 3.63) is 59.4 Å². The first-order valence-corrected chi connectivity index (χ1v) is 5.99. The quantitative estimate of drug-likeness (QED) is 0.901. The molecule has 0 radical (unpaired) electrons. The molecule has 0 aliphatic rings. The summed E-state index contributed by atoms with van der Waals surface area (Å²) in [5.41, 5.74) is 0.986. The van der Waals surface area contributed by atoms with Crippen LogP contribution in [0.5, 0.6) is 5.75 Å². The maximum Gasteiger partial charge on any atom is 0.262 e. The number of hydrogen-bond donors (Lipinski definition) is 2. The number of hydrogen-bond acceptors (Lipinski definition) is 3. The Kier molecular flexibility index (Phi) is 4.32. The van der Waals surface area contributed by atoms with Crippen LogP contribution in [0, 0.1) is 5.82 Å². The van der Waals surface area contributed by atoms with E-state index in [1.165, 1.54) is 25.3 Å². The molecular formula is C15H14FNO3. The third kappa shape index (κ3) is 2.95. The third-order valence-corrected chi connectivity index (χ3v) is 2.79. The van der Waals surface area contributed by atoms with Gasteiger partial charge in [0.2, 0.25) is 0 Å². The maximum atomic E-state index is 13.8. The van der Waals surface area contributed by atoms with Gasteiger partial charge in [0.25, 0.3) is 5.91 Å². The molecule has 0 saturated carbocycles. The number of methoxy groups -OCH3 is 1. The summed E-state index contributed by atoms with van der Waals surface area (Å²) in [4.78, 5) is 12.1. The molecule has 2 rings (SSSR count). The molecule has 0 heterocycles. The van der Waals surface area contributed by atoms with Crippen molar-refractivity contribution >= 4 is 11.6 Å². The van der Waals surface area contributed by atoms with Crippen LogP contribution in [0.2, 0.25) is 0 Å². The van der Waals surface area contributed by atoms with Gasteiger partial charge in [-0.25, -0.2) is 4.39 Å². The number of carbonyl (C=O) groups is 1. The number of benzene rings is 2. The van der Waals surface area contributed by atoms with Gasteiger partial charge in [-0.3, -0.25) is 4.79 Å². The Morgan fingerprint density at radius 3 is 2.75 bits per heavy atom. The van der Waals surface area contributed by atoms with Crippen LogP contribution in [0.1, 0.15) is 15.9 Å². The zero-order valence-electron chi connectivity index (χ0n) is 10.9. The molecule has 0 saturated heterocycles. The summed E-state index contributed by atoms with van der Waals surface area (Å²) < 4.78 is 18.7. The lowest BCUT2D eigenvalue weighted by molar-refractivity contribution is 0.102. The smallest absolute Gasteiger partial charge is 0.262 e. The van der Waals surface area contributed by atoms with E-state index < -0.39 is 11.7 Å². The van der Waals surface area contributed by atoms with Crippen molar-refractivity contribution in [1.82, 2.24) is 0 Å². The van der Waals surface area contributed by atoms with Crippen molar-refractivity contribution in [3.63, 3.8) is 0 Å². The molecule has 0 atom stereocenters. The lowest BCUT2D eigenvalue weighted by atomic mass is 10.1. The van der Waals surface area contributed by atoms with Gasteiger partial charge in [0, 0.05) is 5.69 Å². The monoisotopic (exact) mass is 275 g/mol. The molecule has 0 aromatic heterocycles. The SMILES string of the molecule is COc1cccc(F)c1C(=O)Nc1cccc(CO)c1. The average molecular weight is 275 g/mol. The van der Waals surface area contributed by atoms with Gasteiger partial charge in [-0.1, -0.05) is 18.2 Å². The summed E-state index contributed by atoms with van der Waals surface area (Å²) in [6.07, 6.45) is 0. The van der Waals surface area contributed by atoms with E-state index in [9.17, 15) is 9.18 Å². The van der Waals surface area contributed by atoms with Gasteiger partial charge < -0.3 is 15.2 Å². The van der Waals surface area contributed by atoms with Crippen LogP contribution >= 0.6 is 0 Å². The van der Waals surface area contributed by atoms with Gasteiger partial charge in [-0.2, -0.15) is 0 Å². The molecule has 0 unspecified atom stereocenters. The van der Waals surface area contributed by atoms with Crippen LogP contribution in [-0.2, 0) is 6.61 Å². The van der Waals surface area contributed by atoms with Crippen LogP contribution in [0.25, 0.3) is 0 Å². The number of aliphatic hydroxyl groups is 1. The summed E-state index contributed by atoms with van der Waals surface area (Å²) in [5.74, 6) is -1.09. The fourth-order valence-corrected chi connectivity index (χ4v) is 1.84. The van der Waals surface area contributed by atoms with Crippen molar-refractivity contribution in [2.45, 2.75) is 6.61 Å². The van der Waals surface area contributed by atoms with Gasteiger partial charge in [-0.05, 0) is 29.8 Å². The average Bonchev–Trinajstić information content (AvgIpc) is 2.46. The summed E-state index contributed by atoms with van der Waals surface area (Å²) in [6, 6.07) is 10.9. The molecule has 0 bridgehead atoms. The second-order valence-corrected chi connectivity index (χ2v) is 4.13. The highest BCUT2D eigenvalue weighted by Gasteiger charge is 2.17. The van der Waals surface area contributed by atoms with Crippen molar-refractivity contribution in [3.8, 4) is 5.75 Å². The zero-order chi connectivity index (χ0) is 14.5. The first kappa shape index (κ1) is 14.0. The number of rotatable bonds is 4. The number of aliphatic hydroxyl groups excluding tert-OH is 1. The summed E-state index contributed by atoms with van der Waals surface area (Å²) in [5, 5.41) is 11.6.